The fourth-order valence-corrected chi connectivity index (χ4v) is 1.89. The molecule has 1 aliphatic rings. The highest BCUT2D eigenvalue weighted by molar-refractivity contribution is 5.63. The minimum absolute atomic E-state index is 0.305. The zero-order valence-electron chi connectivity index (χ0n) is 10.8. The molecule has 5 heteroatoms. The summed E-state index contributed by atoms with van der Waals surface area (Å²) in [5.74, 6) is 1.10. The zero-order valence-corrected chi connectivity index (χ0v) is 10.8. The molecule has 0 unspecified atom stereocenters. The summed E-state index contributed by atoms with van der Waals surface area (Å²) in [6, 6.07) is 6.61. The van der Waals surface area contributed by atoms with Crippen LogP contribution in [0.3, 0.4) is 0 Å². The number of hydrogen-bond donors (Lipinski definition) is 1. The lowest BCUT2D eigenvalue weighted by molar-refractivity contribution is 0.285. The van der Waals surface area contributed by atoms with Gasteiger partial charge in [0.15, 0.2) is 11.6 Å². The van der Waals surface area contributed by atoms with Crippen molar-refractivity contribution < 1.29 is 9.13 Å². The molecule has 0 bridgehead atoms. The van der Waals surface area contributed by atoms with Crippen LogP contribution >= 0.6 is 0 Å². The zero-order chi connectivity index (χ0) is 13.4. The standard InChI is InChI=1S/C14H16FN3O/c1-18-14(16)7-12(17-18)10-4-5-13(11(15)6-10)19-8-9-2-3-9/h4-7,9H,2-3,8,16H2,1H3. The number of hydrogen-bond acceptors (Lipinski definition) is 3. The van der Waals surface area contributed by atoms with Gasteiger partial charge in [0.2, 0.25) is 0 Å². The number of aromatic nitrogens is 2. The fraction of sp³-hybridized carbons (Fsp3) is 0.357. The van der Waals surface area contributed by atoms with Crippen LogP contribution in [0, 0.1) is 11.7 Å². The highest BCUT2D eigenvalue weighted by Gasteiger charge is 2.22. The van der Waals surface area contributed by atoms with Gasteiger partial charge < -0.3 is 10.5 Å². The average Bonchev–Trinajstić information content (AvgIpc) is 3.14. The first-order valence-corrected chi connectivity index (χ1v) is 6.36. The third-order valence-electron chi connectivity index (χ3n) is 3.32. The molecule has 0 saturated heterocycles. The van der Waals surface area contributed by atoms with Crippen LogP contribution in [0.2, 0.25) is 0 Å². The number of halogens is 1. The summed E-state index contributed by atoms with van der Waals surface area (Å²) in [6.07, 6.45) is 2.37. The third-order valence-corrected chi connectivity index (χ3v) is 3.32. The van der Waals surface area contributed by atoms with E-state index in [1.807, 2.05) is 0 Å². The van der Waals surface area contributed by atoms with Crippen LogP contribution in [0.4, 0.5) is 10.2 Å². The Labute approximate surface area is 111 Å². The van der Waals surface area contributed by atoms with Crippen molar-refractivity contribution in [3.8, 4) is 17.0 Å². The van der Waals surface area contributed by atoms with Gasteiger partial charge in [0.1, 0.15) is 5.82 Å². The molecule has 0 aliphatic heterocycles. The van der Waals surface area contributed by atoms with E-state index >= 15 is 0 Å². The molecular weight excluding hydrogens is 245 g/mol. The van der Waals surface area contributed by atoms with E-state index in [2.05, 4.69) is 5.10 Å². The lowest BCUT2D eigenvalue weighted by Gasteiger charge is -2.07. The van der Waals surface area contributed by atoms with Gasteiger partial charge in [0, 0.05) is 18.7 Å². The summed E-state index contributed by atoms with van der Waals surface area (Å²) in [7, 11) is 1.75. The van der Waals surface area contributed by atoms with E-state index in [0.717, 1.165) is 0 Å². The second kappa shape index (κ2) is 4.57. The number of nitrogens with two attached hydrogens (primary N) is 1. The van der Waals surface area contributed by atoms with E-state index in [0.29, 0.717) is 35.3 Å². The minimum Gasteiger partial charge on any atom is -0.490 e. The first kappa shape index (κ1) is 12.0. The maximum Gasteiger partial charge on any atom is 0.165 e. The van der Waals surface area contributed by atoms with Gasteiger partial charge in [-0.1, -0.05) is 0 Å². The quantitative estimate of drug-likeness (QED) is 0.920. The largest absolute Gasteiger partial charge is 0.490 e. The molecule has 1 aliphatic carbocycles. The number of benzene rings is 1. The van der Waals surface area contributed by atoms with Gasteiger partial charge in [-0.25, -0.2) is 4.39 Å². The molecule has 1 fully saturated rings. The molecule has 4 nitrogen and oxygen atoms in total. The monoisotopic (exact) mass is 261 g/mol. The van der Waals surface area contributed by atoms with Gasteiger partial charge in [-0.15, -0.1) is 0 Å². The third kappa shape index (κ3) is 2.54. The first-order chi connectivity index (χ1) is 9.13. The summed E-state index contributed by atoms with van der Waals surface area (Å²) in [5.41, 5.74) is 7.07. The van der Waals surface area contributed by atoms with Gasteiger partial charge in [0.25, 0.3) is 0 Å². The predicted octanol–water partition coefficient (Wildman–Crippen LogP) is 2.60. The molecule has 1 aromatic heterocycles. The van der Waals surface area contributed by atoms with Crippen LogP contribution in [0.1, 0.15) is 12.8 Å². The predicted molar refractivity (Wildman–Crippen MR) is 71.2 cm³/mol. The van der Waals surface area contributed by atoms with E-state index in [-0.39, 0.29) is 5.82 Å². The van der Waals surface area contributed by atoms with Crippen LogP contribution in [-0.2, 0) is 7.05 Å². The van der Waals surface area contributed by atoms with Crippen molar-refractivity contribution >= 4 is 5.82 Å². The van der Waals surface area contributed by atoms with Crippen molar-refractivity contribution in [3.63, 3.8) is 0 Å². The molecule has 1 saturated carbocycles. The number of anilines is 1. The number of ether oxygens (including phenoxy) is 1. The molecule has 2 aromatic rings. The molecule has 0 atom stereocenters. The fourth-order valence-electron chi connectivity index (χ4n) is 1.89. The van der Waals surface area contributed by atoms with Crippen molar-refractivity contribution in [2.75, 3.05) is 12.3 Å². The van der Waals surface area contributed by atoms with Crippen molar-refractivity contribution in [2.24, 2.45) is 13.0 Å². The molecule has 3 rings (SSSR count). The summed E-state index contributed by atoms with van der Waals surface area (Å²) in [5, 5.41) is 4.22. The molecule has 0 amide bonds. The van der Waals surface area contributed by atoms with Gasteiger partial charge in [-0.3, -0.25) is 4.68 Å². The minimum atomic E-state index is -0.359. The number of aryl methyl sites for hydroxylation is 1. The summed E-state index contributed by atoms with van der Waals surface area (Å²) < 4.78 is 20.9. The highest BCUT2D eigenvalue weighted by Crippen LogP contribution is 2.31. The molecule has 0 spiro atoms. The normalized spacial score (nSPS) is 14.6. The Balaban J connectivity index is 1.81. The summed E-state index contributed by atoms with van der Waals surface area (Å²) in [6.45, 7) is 0.604. The molecule has 1 aromatic carbocycles. The van der Waals surface area contributed by atoms with Gasteiger partial charge in [-0.2, -0.15) is 5.10 Å². The number of nitrogens with zero attached hydrogens (tertiary/aromatic N) is 2. The molecule has 1 heterocycles. The van der Waals surface area contributed by atoms with E-state index < -0.39 is 0 Å². The van der Waals surface area contributed by atoms with Gasteiger partial charge >= 0.3 is 0 Å². The summed E-state index contributed by atoms with van der Waals surface area (Å²) in [4.78, 5) is 0. The number of nitrogen functional groups attached to an aromatic ring is 1. The van der Waals surface area contributed by atoms with Crippen molar-refractivity contribution in [1.29, 1.82) is 0 Å². The molecule has 0 radical (unpaired) electrons. The smallest absolute Gasteiger partial charge is 0.165 e. The molecular formula is C14H16FN3O. The Bertz CT molecular complexity index is 585. The van der Waals surface area contributed by atoms with E-state index in [1.54, 1.807) is 29.9 Å². The molecule has 19 heavy (non-hydrogen) atoms. The Morgan fingerprint density at radius 2 is 2.21 bits per heavy atom. The Morgan fingerprint density at radius 3 is 2.79 bits per heavy atom. The molecule has 2 N–H and O–H groups in total. The second-order valence-electron chi connectivity index (χ2n) is 4.98. The first-order valence-electron chi connectivity index (χ1n) is 6.36. The molecule has 100 valence electrons. The lowest BCUT2D eigenvalue weighted by atomic mass is 10.1. The Hall–Kier alpha value is -2.04. The van der Waals surface area contributed by atoms with Crippen molar-refractivity contribution in [1.82, 2.24) is 9.78 Å². The van der Waals surface area contributed by atoms with Crippen LogP contribution in [0.5, 0.6) is 5.75 Å². The van der Waals surface area contributed by atoms with Gasteiger partial charge in [-0.05, 0) is 37.0 Å². The topological polar surface area (TPSA) is 53.1 Å². The number of rotatable bonds is 4. The van der Waals surface area contributed by atoms with E-state index in [4.69, 9.17) is 10.5 Å². The van der Waals surface area contributed by atoms with Gasteiger partial charge in [0.05, 0.1) is 12.3 Å². The maximum absolute atomic E-state index is 13.9. The Morgan fingerprint density at radius 1 is 1.42 bits per heavy atom. The van der Waals surface area contributed by atoms with Crippen molar-refractivity contribution in [3.05, 3.63) is 30.1 Å². The van der Waals surface area contributed by atoms with Crippen LogP contribution in [0.15, 0.2) is 24.3 Å². The van der Waals surface area contributed by atoms with E-state index in [9.17, 15) is 4.39 Å². The Kier molecular flexibility index (Phi) is 2.89. The van der Waals surface area contributed by atoms with Crippen LogP contribution < -0.4 is 10.5 Å². The van der Waals surface area contributed by atoms with Crippen LogP contribution in [-0.4, -0.2) is 16.4 Å². The summed E-state index contributed by atoms with van der Waals surface area (Å²) >= 11 is 0. The average molecular weight is 261 g/mol. The maximum atomic E-state index is 13.9. The van der Waals surface area contributed by atoms with Crippen molar-refractivity contribution in [2.45, 2.75) is 12.8 Å². The SMILES string of the molecule is Cn1nc(-c2ccc(OCC3CC3)c(F)c2)cc1N. The highest BCUT2D eigenvalue weighted by atomic mass is 19.1. The van der Waals surface area contributed by atoms with E-state index in [1.165, 1.54) is 18.9 Å². The van der Waals surface area contributed by atoms with Crippen LogP contribution in [0.25, 0.3) is 11.3 Å². The lowest BCUT2D eigenvalue weighted by Crippen LogP contribution is -2.00. The second-order valence-corrected chi connectivity index (χ2v) is 4.98.